The van der Waals surface area contributed by atoms with Gasteiger partial charge < -0.3 is 15.1 Å². The molecule has 2 N–H and O–H groups in total. The van der Waals surface area contributed by atoms with E-state index >= 15 is 0 Å². The first-order valence-corrected chi connectivity index (χ1v) is 8.34. The summed E-state index contributed by atoms with van der Waals surface area (Å²) in [5.41, 5.74) is 3.89. The summed E-state index contributed by atoms with van der Waals surface area (Å²) in [5.74, 6) is -0.0430. The van der Waals surface area contributed by atoms with E-state index in [1.807, 2.05) is 52.9 Å². The average molecular weight is 332 g/mol. The van der Waals surface area contributed by atoms with Crippen LogP contribution >= 0.6 is 0 Å². The van der Waals surface area contributed by atoms with Crippen LogP contribution in [-0.4, -0.2) is 49.9 Å². The van der Waals surface area contributed by atoms with Crippen LogP contribution in [0.4, 0.5) is 5.69 Å². The van der Waals surface area contributed by atoms with E-state index < -0.39 is 0 Å². The number of carbonyl (C=O) groups excluding carboxylic acids is 2. The first kappa shape index (κ1) is 19.9. The smallest absolute Gasteiger partial charge is 0.279 e. The van der Waals surface area contributed by atoms with Crippen molar-refractivity contribution in [3.8, 4) is 0 Å². The minimum atomic E-state index is -0.0827. The van der Waals surface area contributed by atoms with Gasteiger partial charge in [0.2, 0.25) is 0 Å². The first-order chi connectivity index (χ1) is 11.2. The molecular weight excluding hydrogens is 302 g/mol. The molecule has 0 aromatic heterocycles. The Morgan fingerprint density at radius 1 is 1.21 bits per heavy atom. The number of aryl methyl sites for hydroxylation is 2. The highest BCUT2D eigenvalue weighted by Gasteiger charge is 2.19. The Balaban J connectivity index is 2.58. The average Bonchev–Trinajstić information content (AvgIpc) is 2.48. The molecule has 0 spiro atoms. The Bertz CT molecular complexity index is 590. The van der Waals surface area contributed by atoms with Crippen LogP contribution in [0.5, 0.6) is 0 Å². The summed E-state index contributed by atoms with van der Waals surface area (Å²) >= 11 is 0. The van der Waals surface area contributed by atoms with Crippen LogP contribution in [0.25, 0.3) is 0 Å². The fraction of sp³-hybridized carbons (Fsp3) is 0.474. The van der Waals surface area contributed by atoms with E-state index in [1.165, 1.54) is 0 Å². The predicted octanol–water partition coefficient (Wildman–Crippen LogP) is 1.18. The number of rotatable bonds is 8. The Morgan fingerprint density at radius 2 is 1.79 bits per heavy atom. The molecule has 0 aliphatic rings. The van der Waals surface area contributed by atoms with Crippen LogP contribution in [-0.2, 0) is 9.59 Å². The largest absolute Gasteiger partial charge is 0.334 e. The number of hydrogen-bond donors (Lipinski definition) is 2. The maximum Gasteiger partial charge on any atom is 0.279 e. The lowest BCUT2D eigenvalue weighted by Crippen LogP contribution is -3.11. The number of carbonyl (C=O) groups is 2. The van der Waals surface area contributed by atoms with E-state index in [9.17, 15) is 9.59 Å². The highest BCUT2D eigenvalue weighted by molar-refractivity contribution is 5.93. The standard InChI is InChI=1S/C19H29N3O2/c1-7-22(11-14(2)3)18(24)13-21(6)12-17(23)20-19-15(4)9-8-10-16(19)5/h8-10H,2,7,11-13H2,1,3-6H3,(H,20,23)/p+1. The maximum absolute atomic E-state index is 12.3. The molecule has 0 radical (unpaired) electrons. The molecule has 132 valence electrons. The number of quaternary nitrogens is 1. The van der Waals surface area contributed by atoms with E-state index in [2.05, 4.69) is 11.9 Å². The van der Waals surface area contributed by atoms with Gasteiger partial charge in [0.1, 0.15) is 0 Å². The van der Waals surface area contributed by atoms with Crippen molar-refractivity contribution in [3.63, 3.8) is 0 Å². The molecule has 0 heterocycles. The third kappa shape index (κ3) is 6.16. The SMILES string of the molecule is C=C(C)CN(CC)C(=O)C[NH+](C)CC(=O)Nc1c(C)cccc1C. The third-order valence-corrected chi connectivity index (χ3v) is 3.86. The van der Waals surface area contributed by atoms with Gasteiger partial charge in [0.05, 0.1) is 7.05 Å². The van der Waals surface area contributed by atoms with Crippen LogP contribution in [0.15, 0.2) is 30.4 Å². The molecule has 1 aromatic rings. The highest BCUT2D eigenvalue weighted by atomic mass is 16.2. The molecule has 1 atom stereocenters. The summed E-state index contributed by atoms with van der Waals surface area (Å²) in [7, 11) is 1.86. The highest BCUT2D eigenvalue weighted by Crippen LogP contribution is 2.18. The van der Waals surface area contributed by atoms with Gasteiger partial charge in [-0.15, -0.1) is 0 Å². The Hall–Kier alpha value is -2.14. The summed E-state index contributed by atoms with van der Waals surface area (Å²) in [6.07, 6.45) is 0. The minimum absolute atomic E-state index is 0.0397. The van der Waals surface area contributed by atoms with Crippen molar-refractivity contribution in [1.82, 2.24) is 4.90 Å². The number of likely N-dealkylation sites (N-methyl/N-ethyl adjacent to an activating group) is 2. The Kier molecular flexibility index (Phi) is 7.65. The number of benzene rings is 1. The van der Waals surface area contributed by atoms with Crippen LogP contribution < -0.4 is 10.2 Å². The van der Waals surface area contributed by atoms with Crippen molar-refractivity contribution in [2.75, 3.05) is 38.5 Å². The topological polar surface area (TPSA) is 53.9 Å². The number of para-hydroxylation sites is 1. The lowest BCUT2D eigenvalue weighted by Gasteiger charge is -2.22. The van der Waals surface area contributed by atoms with Crippen molar-refractivity contribution >= 4 is 17.5 Å². The van der Waals surface area contributed by atoms with Gasteiger partial charge in [0.25, 0.3) is 11.8 Å². The summed E-state index contributed by atoms with van der Waals surface area (Å²) in [6, 6.07) is 5.91. The molecule has 1 rings (SSSR count). The van der Waals surface area contributed by atoms with Crippen molar-refractivity contribution in [3.05, 3.63) is 41.5 Å². The van der Waals surface area contributed by atoms with Gasteiger partial charge >= 0.3 is 0 Å². The zero-order chi connectivity index (χ0) is 18.3. The summed E-state index contributed by atoms with van der Waals surface area (Å²) < 4.78 is 0. The monoisotopic (exact) mass is 332 g/mol. The number of hydrogen-bond acceptors (Lipinski definition) is 2. The van der Waals surface area contributed by atoms with Gasteiger partial charge in [-0.2, -0.15) is 0 Å². The lowest BCUT2D eigenvalue weighted by molar-refractivity contribution is -0.862. The number of nitrogens with one attached hydrogen (secondary N) is 2. The van der Waals surface area contributed by atoms with Crippen molar-refractivity contribution in [1.29, 1.82) is 0 Å². The van der Waals surface area contributed by atoms with E-state index in [4.69, 9.17) is 0 Å². The second-order valence-electron chi connectivity index (χ2n) is 6.49. The second-order valence-corrected chi connectivity index (χ2v) is 6.49. The quantitative estimate of drug-likeness (QED) is 0.703. The number of anilines is 1. The number of nitrogens with zero attached hydrogens (tertiary/aromatic N) is 1. The lowest BCUT2D eigenvalue weighted by atomic mass is 10.1. The van der Waals surface area contributed by atoms with E-state index in [-0.39, 0.29) is 18.4 Å². The van der Waals surface area contributed by atoms with Crippen LogP contribution in [0.3, 0.4) is 0 Å². The maximum atomic E-state index is 12.3. The minimum Gasteiger partial charge on any atom is -0.334 e. The van der Waals surface area contributed by atoms with Gasteiger partial charge in [-0.1, -0.05) is 30.4 Å². The summed E-state index contributed by atoms with van der Waals surface area (Å²) in [4.78, 5) is 27.2. The Labute approximate surface area is 145 Å². The molecule has 0 fully saturated rings. The molecule has 0 saturated heterocycles. The summed E-state index contributed by atoms with van der Waals surface area (Å²) in [6.45, 7) is 13.4. The molecule has 5 heteroatoms. The van der Waals surface area contributed by atoms with Gasteiger partial charge in [0, 0.05) is 18.8 Å². The van der Waals surface area contributed by atoms with Gasteiger partial charge in [0.15, 0.2) is 13.1 Å². The molecule has 24 heavy (non-hydrogen) atoms. The molecule has 5 nitrogen and oxygen atoms in total. The molecule has 2 amide bonds. The Morgan fingerprint density at radius 3 is 2.29 bits per heavy atom. The first-order valence-electron chi connectivity index (χ1n) is 8.34. The normalized spacial score (nSPS) is 11.7. The molecule has 0 bridgehead atoms. The molecule has 1 aromatic carbocycles. The van der Waals surface area contributed by atoms with Crippen LogP contribution in [0.1, 0.15) is 25.0 Å². The zero-order valence-electron chi connectivity index (χ0n) is 15.5. The van der Waals surface area contributed by atoms with E-state index in [1.54, 1.807) is 4.90 Å². The van der Waals surface area contributed by atoms with Crippen LogP contribution in [0, 0.1) is 13.8 Å². The molecule has 1 unspecified atom stereocenters. The van der Waals surface area contributed by atoms with E-state index in [0.29, 0.717) is 19.6 Å². The van der Waals surface area contributed by atoms with Crippen molar-refractivity contribution < 1.29 is 14.5 Å². The zero-order valence-corrected chi connectivity index (χ0v) is 15.5. The van der Waals surface area contributed by atoms with Crippen LogP contribution in [0.2, 0.25) is 0 Å². The number of amides is 2. The molecule has 0 aliphatic carbocycles. The van der Waals surface area contributed by atoms with Crippen molar-refractivity contribution in [2.45, 2.75) is 27.7 Å². The molecule has 0 saturated carbocycles. The summed E-state index contributed by atoms with van der Waals surface area (Å²) in [5, 5.41) is 2.96. The fourth-order valence-electron chi connectivity index (χ4n) is 2.60. The second kappa shape index (κ2) is 9.23. The third-order valence-electron chi connectivity index (χ3n) is 3.86. The van der Waals surface area contributed by atoms with Crippen molar-refractivity contribution in [2.24, 2.45) is 0 Å². The van der Waals surface area contributed by atoms with Gasteiger partial charge in [-0.25, -0.2) is 0 Å². The fourth-order valence-corrected chi connectivity index (χ4v) is 2.60. The van der Waals surface area contributed by atoms with Gasteiger partial charge in [-0.05, 0) is 38.8 Å². The molecule has 0 aliphatic heterocycles. The van der Waals surface area contributed by atoms with Gasteiger partial charge in [-0.3, -0.25) is 9.59 Å². The predicted molar refractivity (Wildman–Crippen MR) is 98.2 cm³/mol. The van der Waals surface area contributed by atoms with E-state index in [0.717, 1.165) is 27.3 Å². The molecular formula is C19H30N3O2+.